The van der Waals surface area contributed by atoms with Gasteiger partial charge >= 0.3 is 0 Å². The Labute approximate surface area is 209 Å². The SMILES string of the molecule is CCCOc1ccc(C(=O)NC(=S)Nc2ccc(O)c(-c3nc4cc(C(C)C)ccc4o3)c2)cc1. The number of thiocarbonyl (C=S) groups is 1. The normalized spacial score (nSPS) is 11.0. The molecule has 35 heavy (non-hydrogen) atoms. The second kappa shape index (κ2) is 10.6. The van der Waals surface area contributed by atoms with Crippen LogP contribution in [0.4, 0.5) is 5.69 Å². The first-order chi connectivity index (χ1) is 16.8. The number of hydrogen-bond donors (Lipinski definition) is 3. The van der Waals surface area contributed by atoms with E-state index in [1.807, 2.05) is 25.1 Å². The highest BCUT2D eigenvalue weighted by Crippen LogP contribution is 2.34. The lowest BCUT2D eigenvalue weighted by Crippen LogP contribution is -2.34. The van der Waals surface area contributed by atoms with E-state index in [-0.39, 0.29) is 16.8 Å². The minimum Gasteiger partial charge on any atom is -0.507 e. The van der Waals surface area contributed by atoms with Crippen molar-refractivity contribution >= 4 is 40.0 Å². The summed E-state index contributed by atoms with van der Waals surface area (Å²) in [5.74, 6) is 1.04. The minimum atomic E-state index is -0.344. The number of ether oxygens (including phenoxy) is 1. The zero-order valence-corrected chi connectivity index (χ0v) is 20.6. The molecule has 4 rings (SSSR count). The maximum absolute atomic E-state index is 12.5. The number of phenols is 1. The molecule has 3 aromatic carbocycles. The van der Waals surface area contributed by atoms with Crippen LogP contribution in [0.25, 0.3) is 22.6 Å². The molecule has 7 nitrogen and oxygen atoms in total. The summed E-state index contributed by atoms with van der Waals surface area (Å²) in [6, 6.07) is 17.6. The largest absolute Gasteiger partial charge is 0.507 e. The van der Waals surface area contributed by atoms with Crippen molar-refractivity contribution in [1.82, 2.24) is 10.3 Å². The molecule has 0 aliphatic rings. The fourth-order valence-electron chi connectivity index (χ4n) is 3.46. The van der Waals surface area contributed by atoms with Crippen LogP contribution in [0.1, 0.15) is 49.0 Å². The van der Waals surface area contributed by atoms with Gasteiger partial charge in [-0.1, -0.05) is 26.8 Å². The Morgan fingerprint density at radius 1 is 1.11 bits per heavy atom. The summed E-state index contributed by atoms with van der Waals surface area (Å²) in [4.78, 5) is 17.1. The van der Waals surface area contributed by atoms with Gasteiger partial charge in [0.05, 0.1) is 12.2 Å². The minimum absolute atomic E-state index is 0.0199. The summed E-state index contributed by atoms with van der Waals surface area (Å²) in [5, 5.41) is 16.2. The summed E-state index contributed by atoms with van der Waals surface area (Å²) in [6.45, 7) is 6.88. The summed E-state index contributed by atoms with van der Waals surface area (Å²) >= 11 is 5.31. The van der Waals surface area contributed by atoms with Crippen LogP contribution in [0.15, 0.2) is 65.1 Å². The van der Waals surface area contributed by atoms with E-state index in [1.165, 1.54) is 6.07 Å². The Hall–Kier alpha value is -3.91. The number of nitrogens with zero attached hydrogens (tertiary/aromatic N) is 1. The van der Waals surface area contributed by atoms with E-state index in [0.29, 0.717) is 46.6 Å². The molecule has 4 aromatic rings. The fraction of sp³-hybridized carbons (Fsp3) is 0.222. The van der Waals surface area contributed by atoms with Crippen molar-refractivity contribution in [2.45, 2.75) is 33.1 Å². The van der Waals surface area contributed by atoms with Crippen molar-refractivity contribution < 1.29 is 19.1 Å². The number of rotatable bonds is 7. The van der Waals surface area contributed by atoms with E-state index < -0.39 is 0 Å². The van der Waals surface area contributed by atoms with Crippen LogP contribution >= 0.6 is 12.2 Å². The first kappa shape index (κ1) is 24.2. The molecular formula is C27H27N3O4S. The molecule has 0 radical (unpaired) electrons. The zero-order chi connectivity index (χ0) is 24.9. The second-order valence-electron chi connectivity index (χ2n) is 8.41. The van der Waals surface area contributed by atoms with E-state index in [2.05, 4.69) is 29.5 Å². The van der Waals surface area contributed by atoms with Crippen molar-refractivity contribution in [3.8, 4) is 23.0 Å². The number of carbonyl (C=O) groups excluding carboxylic acids is 1. The van der Waals surface area contributed by atoms with Gasteiger partial charge in [-0.2, -0.15) is 0 Å². The molecule has 1 aromatic heterocycles. The highest BCUT2D eigenvalue weighted by Gasteiger charge is 2.15. The first-order valence-corrected chi connectivity index (χ1v) is 11.8. The number of phenolic OH excluding ortho intramolecular Hbond substituents is 1. The number of carbonyl (C=O) groups is 1. The Kier molecular flexibility index (Phi) is 7.31. The van der Waals surface area contributed by atoms with Crippen LogP contribution in [0.5, 0.6) is 11.5 Å². The second-order valence-corrected chi connectivity index (χ2v) is 8.82. The van der Waals surface area contributed by atoms with E-state index >= 15 is 0 Å². The molecule has 0 bridgehead atoms. The van der Waals surface area contributed by atoms with Gasteiger partial charge in [0.2, 0.25) is 5.89 Å². The molecule has 0 saturated carbocycles. The van der Waals surface area contributed by atoms with Gasteiger partial charge in [0.25, 0.3) is 5.91 Å². The molecule has 0 aliphatic heterocycles. The van der Waals surface area contributed by atoms with Gasteiger partial charge in [0.15, 0.2) is 10.7 Å². The van der Waals surface area contributed by atoms with Crippen LogP contribution < -0.4 is 15.4 Å². The molecule has 8 heteroatoms. The Morgan fingerprint density at radius 3 is 2.60 bits per heavy atom. The summed E-state index contributed by atoms with van der Waals surface area (Å²) in [6.07, 6.45) is 0.909. The summed E-state index contributed by atoms with van der Waals surface area (Å²) < 4.78 is 11.4. The van der Waals surface area contributed by atoms with E-state index in [4.69, 9.17) is 21.4 Å². The lowest BCUT2D eigenvalue weighted by molar-refractivity contribution is 0.0977. The predicted molar refractivity (Wildman–Crippen MR) is 141 cm³/mol. The smallest absolute Gasteiger partial charge is 0.257 e. The number of oxazole rings is 1. The predicted octanol–water partition coefficient (Wildman–Crippen LogP) is 6.24. The van der Waals surface area contributed by atoms with Gasteiger partial charge in [-0.15, -0.1) is 0 Å². The van der Waals surface area contributed by atoms with Crippen molar-refractivity contribution in [2.24, 2.45) is 0 Å². The number of aromatic hydroxyl groups is 1. The number of hydrogen-bond acceptors (Lipinski definition) is 6. The molecule has 0 spiro atoms. The number of anilines is 1. The lowest BCUT2D eigenvalue weighted by Gasteiger charge is -2.11. The highest BCUT2D eigenvalue weighted by atomic mass is 32.1. The Bertz CT molecular complexity index is 1360. The van der Waals surface area contributed by atoms with Gasteiger partial charge in [-0.05, 0) is 84.7 Å². The van der Waals surface area contributed by atoms with Crippen LogP contribution in [0, 0.1) is 0 Å². The van der Waals surface area contributed by atoms with E-state index in [9.17, 15) is 9.90 Å². The molecule has 1 amide bonds. The molecule has 3 N–H and O–H groups in total. The van der Waals surface area contributed by atoms with Crippen molar-refractivity contribution in [2.75, 3.05) is 11.9 Å². The third-order valence-electron chi connectivity index (χ3n) is 5.38. The quantitative estimate of drug-likeness (QED) is 0.209. The summed E-state index contributed by atoms with van der Waals surface area (Å²) in [7, 11) is 0. The first-order valence-electron chi connectivity index (χ1n) is 11.4. The molecule has 0 atom stereocenters. The van der Waals surface area contributed by atoms with Gasteiger partial charge < -0.3 is 19.6 Å². The van der Waals surface area contributed by atoms with Gasteiger partial charge in [-0.3, -0.25) is 10.1 Å². The van der Waals surface area contributed by atoms with Gasteiger partial charge in [0.1, 0.15) is 17.0 Å². The third kappa shape index (κ3) is 5.78. The third-order valence-corrected chi connectivity index (χ3v) is 5.58. The number of amides is 1. The molecule has 0 aliphatic carbocycles. The Balaban J connectivity index is 1.46. The van der Waals surface area contributed by atoms with Crippen molar-refractivity contribution in [3.05, 3.63) is 71.8 Å². The molecule has 0 unspecified atom stereocenters. The maximum Gasteiger partial charge on any atom is 0.257 e. The molecule has 1 heterocycles. The topological polar surface area (TPSA) is 96.6 Å². The molecule has 0 fully saturated rings. The summed E-state index contributed by atoms with van der Waals surface area (Å²) in [5.41, 5.74) is 3.94. The Morgan fingerprint density at radius 2 is 1.89 bits per heavy atom. The lowest BCUT2D eigenvalue weighted by atomic mass is 10.0. The number of benzene rings is 3. The monoisotopic (exact) mass is 489 g/mol. The maximum atomic E-state index is 12.5. The number of nitrogens with one attached hydrogen (secondary N) is 2. The van der Waals surface area contributed by atoms with E-state index in [1.54, 1.807) is 36.4 Å². The van der Waals surface area contributed by atoms with Crippen LogP contribution in [0.3, 0.4) is 0 Å². The highest BCUT2D eigenvalue weighted by molar-refractivity contribution is 7.80. The molecule has 0 saturated heterocycles. The average molecular weight is 490 g/mol. The van der Waals surface area contributed by atoms with Crippen LogP contribution in [-0.2, 0) is 0 Å². The van der Waals surface area contributed by atoms with Crippen LogP contribution in [-0.4, -0.2) is 27.7 Å². The van der Waals surface area contributed by atoms with Gasteiger partial charge in [0, 0.05) is 11.3 Å². The average Bonchev–Trinajstić information content (AvgIpc) is 3.27. The zero-order valence-electron chi connectivity index (χ0n) is 19.8. The van der Waals surface area contributed by atoms with Crippen LogP contribution in [0.2, 0.25) is 0 Å². The molecule has 180 valence electrons. The van der Waals surface area contributed by atoms with Crippen molar-refractivity contribution in [1.29, 1.82) is 0 Å². The number of aromatic nitrogens is 1. The standard InChI is InChI=1S/C27H27N3O4S/c1-4-13-33-20-9-5-17(6-10-20)25(32)30-27(35)28-19-8-11-23(31)21(15-19)26-29-22-14-18(16(2)3)7-12-24(22)34-26/h5-12,14-16,31H,4,13H2,1-3H3,(H2,28,30,32,35). The van der Waals surface area contributed by atoms with E-state index in [0.717, 1.165) is 17.5 Å². The molecular weight excluding hydrogens is 462 g/mol. The fourth-order valence-corrected chi connectivity index (χ4v) is 3.67. The van der Waals surface area contributed by atoms with Crippen molar-refractivity contribution in [3.63, 3.8) is 0 Å². The number of fused-ring (bicyclic) bond motifs is 1. The van der Waals surface area contributed by atoms with Gasteiger partial charge in [-0.25, -0.2) is 4.98 Å².